The molecule has 2 aliphatic rings. The molecule has 0 bridgehead atoms. The minimum Gasteiger partial charge on any atom is -0.390 e. The molecule has 106 valence electrons. The van der Waals surface area contributed by atoms with Crippen molar-refractivity contribution in [2.75, 3.05) is 45.6 Å². The first kappa shape index (κ1) is 14.6. The van der Waals surface area contributed by atoms with Crippen LogP contribution in [0.15, 0.2) is 0 Å². The van der Waals surface area contributed by atoms with Crippen molar-refractivity contribution < 1.29 is 9.84 Å². The van der Waals surface area contributed by atoms with Crippen molar-refractivity contribution in [2.45, 2.75) is 36.7 Å². The quantitative estimate of drug-likeness (QED) is 0.741. The van der Waals surface area contributed by atoms with Gasteiger partial charge in [-0.1, -0.05) is 6.42 Å². The van der Waals surface area contributed by atoms with Gasteiger partial charge in [0.15, 0.2) is 0 Å². The molecule has 4 nitrogen and oxygen atoms in total. The highest BCUT2D eigenvalue weighted by Crippen LogP contribution is 2.28. The second-order valence-corrected chi connectivity index (χ2v) is 6.36. The first-order valence-electron chi connectivity index (χ1n) is 7.04. The first-order chi connectivity index (χ1) is 8.79. The van der Waals surface area contributed by atoms with E-state index >= 15 is 0 Å². The monoisotopic (exact) mass is 274 g/mol. The number of hydrogen-bond donors (Lipinski definition) is 2. The van der Waals surface area contributed by atoms with Gasteiger partial charge in [-0.3, -0.25) is 4.90 Å². The zero-order chi connectivity index (χ0) is 12.8. The molecule has 0 radical (unpaired) electrons. The van der Waals surface area contributed by atoms with Gasteiger partial charge in [0.05, 0.1) is 19.3 Å². The van der Waals surface area contributed by atoms with Crippen LogP contribution in [0.25, 0.3) is 0 Å². The van der Waals surface area contributed by atoms with Crippen LogP contribution < -0.4 is 5.32 Å². The van der Waals surface area contributed by atoms with Gasteiger partial charge in [-0.25, -0.2) is 0 Å². The van der Waals surface area contributed by atoms with Crippen molar-refractivity contribution in [1.29, 1.82) is 0 Å². The van der Waals surface area contributed by atoms with Crippen LogP contribution in [0.1, 0.15) is 19.3 Å². The lowest BCUT2D eigenvalue weighted by atomic mass is 10.2. The SMILES string of the molecule is CSC1CCCC1NCC(O)CN1CCOCC1. The van der Waals surface area contributed by atoms with Gasteiger partial charge >= 0.3 is 0 Å². The van der Waals surface area contributed by atoms with Gasteiger partial charge in [0, 0.05) is 37.5 Å². The van der Waals surface area contributed by atoms with Crippen LogP contribution in [0.3, 0.4) is 0 Å². The number of nitrogens with zero attached hydrogens (tertiary/aromatic N) is 1. The van der Waals surface area contributed by atoms with Gasteiger partial charge in [0.1, 0.15) is 0 Å². The Morgan fingerprint density at radius 3 is 2.89 bits per heavy atom. The van der Waals surface area contributed by atoms with Crippen LogP contribution in [0.2, 0.25) is 0 Å². The molecule has 0 aromatic heterocycles. The average Bonchev–Trinajstić information content (AvgIpc) is 2.85. The molecule has 1 saturated carbocycles. The van der Waals surface area contributed by atoms with Crippen LogP contribution in [0, 0.1) is 0 Å². The zero-order valence-electron chi connectivity index (χ0n) is 11.3. The summed E-state index contributed by atoms with van der Waals surface area (Å²) in [6.45, 7) is 5.00. The fourth-order valence-corrected chi connectivity index (χ4v) is 3.84. The van der Waals surface area contributed by atoms with E-state index in [2.05, 4.69) is 16.5 Å². The number of rotatable bonds is 6. The Morgan fingerprint density at radius 1 is 1.39 bits per heavy atom. The van der Waals surface area contributed by atoms with Crippen molar-refractivity contribution >= 4 is 11.8 Å². The van der Waals surface area contributed by atoms with Gasteiger partial charge in [-0.05, 0) is 19.1 Å². The molecular formula is C13H26N2O2S. The summed E-state index contributed by atoms with van der Waals surface area (Å²) in [4.78, 5) is 2.29. The van der Waals surface area contributed by atoms with Crippen LogP contribution in [0.4, 0.5) is 0 Å². The highest BCUT2D eigenvalue weighted by molar-refractivity contribution is 7.99. The van der Waals surface area contributed by atoms with E-state index in [1.165, 1.54) is 19.3 Å². The molecule has 3 atom stereocenters. The van der Waals surface area contributed by atoms with E-state index in [-0.39, 0.29) is 6.10 Å². The predicted molar refractivity (Wildman–Crippen MR) is 76.2 cm³/mol. The predicted octanol–water partition coefficient (Wildman–Crippen LogP) is 0.553. The van der Waals surface area contributed by atoms with Crippen molar-refractivity contribution in [1.82, 2.24) is 10.2 Å². The lowest BCUT2D eigenvalue weighted by Gasteiger charge is -2.29. The lowest BCUT2D eigenvalue weighted by Crippen LogP contribution is -2.46. The maximum atomic E-state index is 10.1. The van der Waals surface area contributed by atoms with Crippen molar-refractivity contribution in [3.05, 3.63) is 0 Å². The molecule has 0 spiro atoms. The van der Waals surface area contributed by atoms with Gasteiger partial charge in [-0.2, -0.15) is 11.8 Å². The number of aliphatic hydroxyl groups excluding tert-OH is 1. The molecule has 5 heteroatoms. The normalized spacial score (nSPS) is 31.7. The Bertz CT molecular complexity index is 237. The molecular weight excluding hydrogens is 248 g/mol. The summed E-state index contributed by atoms with van der Waals surface area (Å²) < 4.78 is 5.31. The average molecular weight is 274 g/mol. The first-order valence-corrected chi connectivity index (χ1v) is 8.32. The minimum absolute atomic E-state index is 0.258. The van der Waals surface area contributed by atoms with Gasteiger partial charge in [-0.15, -0.1) is 0 Å². The number of aliphatic hydroxyl groups is 1. The van der Waals surface area contributed by atoms with E-state index in [0.29, 0.717) is 6.04 Å². The second kappa shape index (κ2) is 7.70. The highest BCUT2D eigenvalue weighted by atomic mass is 32.2. The molecule has 0 amide bonds. The Kier molecular flexibility index (Phi) is 6.24. The summed E-state index contributed by atoms with van der Waals surface area (Å²) in [5, 5.41) is 14.3. The Morgan fingerprint density at radius 2 is 2.17 bits per heavy atom. The molecule has 1 heterocycles. The summed E-state index contributed by atoms with van der Waals surface area (Å²) in [6, 6.07) is 0.597. The van der Waals surface area contributed by atoms with Crippen molar-refractivity contribution in [3.63, 3.8) is 0 Å². The molecule has 0 aromatic carbocycles. The minimum atomic E-state index is -0.258. The molecule has 2 N–H and O–H groups in total. The van der Waals surface area contributed by atoms with Crippen LogP contribution in [-0.2, 0) is 4.74 Å². The van der Waals surface area contributed by atoms with Crippen molar-refractivity contribution in [2.24, 2.45) is 0 Å². The van der Waals surface area contributed by atoms with Gasteiger partial charge < -0.3 is 15.2 Å². The standard InChI is InChI=1S/C13H26N2O2S/c1-18-13-4-2-3-12(13)14-9-11(16)10-15-5-7-17-8-6-15/h11-14,16H,2-10H2,1H3. The largest absolute Gasteiger partial charge is 0.390 e. The van der Waals surface area contributed by atoms with Crippen molar-refractivity contribution in [3.8, 4) is 0 Å². The third-order valence-corrected chi connectivity index (χ3v) is 5.11. The van der Waals surface area contributed by atoms with Crippen LogP contribution in [-0.4, -0.2) is 73.1 Å². The Hall–Kier alpha value is 0.190. The number of morpholine rings is 1. The van der Waals surface area contributed by atoms with E-state index in [4.69, 9.17) is 4.74 Å². The molecule has 2 rings (SSSR count). The fourth-order valence-electron chi connectivity index (χ4n) is 2.88. The topological polar surface area (TPSA) is 44.7 Å². The molecule has 3 unspecified atom stereocenters. The lowest BCUT2D eigenvalue weighted by molar-refractivity contribution is 0.0145. The summed E-state index contributed by atoms with van der Waals surface area (Å²) in [6.07, 6.45) is 5.83. The van der Waals surface area contributed by atoms with E-state index < -0.39 is 0 Å². The zero-order valence-corrected chi connectivity index (χ0v) is 12.1. The van der Waals surface area contributed by atoms with E-state index in [1.807, 2.05) is 11.8 Å². The summed E-state index contributed by atoms with van der Waals surface area (Å²) in [5.41, 5.74) is 0. The number of β-amino-alcohol motifs (C(OH)–C–C–N with tert-alkyl or cyclic N) is 1. The van der Waals surface area contributed by atoms with Gasteiger partial charge in [0.25, 0.3) is 0 Å². The molecule has 1 aliphatic heterocycles. The summed E-state index contributed by atoms with van der Waals surface area (Å²) in [5.74, 6) is 0. The second-order valence-electron chi connectivity index (χ2n) is 5.29. The third-order valence-electron chi connectivity index (χ3n) is 3.94. The molecule has 1 aliphatic carbocycles. The highest BCUT2D eigenvalue weighted by Gasteiger charge is 2.26. The molecule has 2 fully saturated rings. The number of thioether (sulfide) groups is 1. The van der Waals surface area contributed by atoms with E-state index in [1.54, 1.807) is 0 Å². The Labute approximate surface area is 114 Å². The fraction of sp³-hybridized carbons (Fsp3) is 1.00. The maximum Gasteiger partial charge on any atom is 0.0791 e. The summed E-state index contributed by atoms with van der Waals surface area (Å²) >= 11 is 1.96. The maximum absolute atomic E-state index is 10.1. The molecule has 18 heavy (non-hydrogen) atoms. The van der Waals surface area contributed by atoms with E-state index in [9.17, 15) is 5.11 Å². The van der Waals surface area contributed by atoms with Gasteiger partial charge in [0.2, 0.25) is 0 Å². The number of nitrogens with one attached hydrogen (secondary N) is 1. The smallest absolute Gasteiger partial charge is 0.0791 e. The van der Waals surface area contributed by atoms with Crippen LogP contribution >= 0.6 is 11.8 Å². The third kappa shape index (κ3) is 4.38. The summed E-state index contributed by atoms with van der Waals surface area (Å²) in [7, 11) is 0. The molecule has 0 aromatic rings. The Balaban J connectivity index is 1.63. The number of hydrogen-bond acceptors (Lipinski definition) is 5. The number of ether oxygens (including phenoxy) is 1. The molecule has 1 saturated heterocycles. The van der Waals surface area contributed by atoms with E-state index in [0.717, 1.165) is 44.6 Å². The van der Waals surface area contributed by atoms with Crippen LogP contribution in [0.5, 0.6) is 0 Å².